The van der Waals surface area contributed by atoms with Crippen molar-refractivity contribution in [3.63, 3.8) is 0 Å². The van der Waals surface area contributed by atoms with Gasteiger partial charge in [0.05, 0.1) is 11.8 Å². The minimum Gasteiger partial charge on any atom is -0.315 e. The van der Waals surface area contributed by atoms with Crippen LogP contribution in [0.5, 0.6) is 0 Å². The van der Waals surface area contributed by atoms with Gasteiger partial charge in [-0.05, 0) is 6.26 Å². The average molecular weight is 174 g/mol. The van der Waals surface area contributed by atoms with E-state index in [9.17, 15) is 9.59 Å². The maximum atomic E-state index is 11.0. The van der Waals surface area contributed by atoms with Crippen LogP contribution < -0.4 is 5.32 Å². The lowest BCUT2D eigenvalue weighted by molar-refractivity contribution is -0.121. The van der Waals surface area contributed by atoms with Crippen LogP contribution in [-0.2, 0) is 4.79 Å². The van der Waals surface area contributed by atoms with Gasteiger partial charge >= 0.3 is 6.03 Å². The number of hydrogen-bond acceptors (Lipinski definition) is 3. The van der Waals surface area contributed by atoms with Gasteiger partial charge < -0.3 is 4.90 Å². The summed E-state index contributed by atoms with van der Waals surface area (Å²) in [5.41, 5.74) is 0. The van der Waals surface area contributed by atoms with Crippen molar-refractivity contribution in [3.8, 4) is 0 Å². The molecule has 1 saturated heterocycles. The Morgan fingerprint density at radius 1 is 1.64 bits per heavy atom. The molecule has 1 fully saturated rings. The largest absolute Gasteiger partial charge is 0.324 e. The van der Waals surface area contributed by atoms with Crippen LogP contribution in [0, 0.1) is 0 Å². The summed E-state index contributed by atoms with van der Waals surface area (Å²) in [7, 11) is 1.68. The summed E-state index contributed by atoms with van der Waals surface area (Å²) in [5.74, 6) is -0.188. The Morgan fingerprint density at radius 3 is 2.82 bits per heavy atom. The molecule has 4 nitrogen and oxygen atoms in total. The van der Waals surface area contributed by atoms with Crippen molar-refractivity contribution in [2.75, 3.05) is 13.3 Å². The van der Waals surface area contributed by atoms with Crippen LogP contribution in [0.15, 0.2) is 0 Å². The highest BCUT2D eigenvalue weighted by Gasteiger charge is 2.28. The number of carbonyl (C=O) groups excluding carboxylic acids is 2. The summed E-state index contributed by atoms with van der Waals surface area (Å²) in [4.78, 5) is 23.3. The van der Waals surface area contributed by atoms with E-state index in [1.54, 1.807) is 7.05 Å². The summed E-state index contributed by atoms with van der Waals surface area (Å²) in [6.45, 7) is 0. The maximum absolute atomic E-state index is 11.0. The summed E-state index contributed by atoms with van der Waals surface area (Å²) in [5, 5.41) is 2.22. The summed E-state index contributed by atoms with van der Waals surface area (Å²) >= 11 is 1.51. The first-order valence-corrected chi connectivity index (χ1v) is 4.53. The van der Waals surface area contributed by atoms with E-state index >= 15 is 0 Å². The molecular formula is C6H10N2O2S. The van der Waals surface area contributed by atoms with E-state index in [2.05, 4.69) is 5.32 Å². The molecule has 1 rings (SSSR count). The monoisotopic (exact) mass is 174 g/mol. The molecule has 0 aromatic rings. The predicted molar refractivity (Wildman–Crippen MR) is 43.2 cm³/mol. The number of hydrogen-bond donors (Lipinski definition) is 1. The minimum atomic E-state index is -0.305. The lowest BCUT2D eigenvalue weighted by Gasteiger charge is -2.30. The number of imide groups is 1. The van der Waals surface area contributed by atoms with E-state index in [1.165, 1.54) is 16.7 Å². The highest BCUT2D eigenvalue weighted by atomic mass is 32.2. The highest BCUT2D eigenvalue weighted by Crippen LogP contribution is 2.17. The van der Waals surface area contributed by atoms with Gasteiger partial charge in [0, 0.05) is 7.05 Å². The van der Waals surface area contributed by atoms with E-state index < -0.39 is 0 Å². The fraction of sp³-hybridized carbons (Fsp3) is 0.667. The number of nitrogens with zero attached hydrogens (tertiary/aromatic N) is 1. The average Bonchev–Trinajstić information content (AvgIpc) is 1.96. The Hall–Kier alpha value is -0.710. The topological polar surface area (TPSA) is 49.4 Å². The van der Waals surface area contributed by atoms with Crippen molar-refractivity contribution < 1.29 is 9.59 Å². The lowest BCUT2D eigenvalue weighted by Crippen LogP contribution is -2.51. The number of rotatable bonds is 1. The third kappa shape index (κ3) is 1.65. The number of amides is 3. The molecule has 5 heteroatoms. The molecule has 1 N–H and O–H groups in total. The maximum Gasteiger partial charge on any atom is 0.324 e. The van der Waals surface area contributed by atoms with Crippen molar-refractivity contribution in [2.45, 2.75) is 11.8 Å². The lowest BCUT2D eigenvalue weighted by atomic mass is 10.3. The van der Waals surface area contributed by atoms with Crippen LogP contribution in [0.3, 0.4) is 0 Å². The Labute approximate surface area is 69.3 Å². The van der Waals surface area contributed by atoms with Crippen LogP contribution >= 0.6 is 11.8 Å². The molecular weight excluding hydrogens is 164 g/mol. The van der Waals surface area contributed by atoms with Gasteiger partial charge in [0.2, 0.25) is 5.91 Å². The van der Waals surface area contributed by atoms with E-state index in [0.29, 0.717) is 6.42 Å². The molecule has 0 aromatic heterocycles. The van der Waals surface area contributed by atoms with Gasteiger partial charge in [-0.2, -0.15) is 0 Å². The molecule has 0 saturated carbocycles. The van der Waals surface area contributed by atoms with Crippen LogP contribution in [-0.4, -0.2) is 35.5 Å². The van der Waals surface area contributed by atoms with E-state index in [1.807, 2.05) is 6.26 Å². The number of nitrogens with one attached hydrogen (secondary N) is 1. The van der Waals surface area contributed by atoms with Gasteiger partial charge in [-0.15, -0.1) is 11.8 Å². The quantitative estimate of drug-likeness (QED) is 0.619. The summed E-state index contributed by atoms with van der Waals surface area (Å²) < 4.78 is 0. The zero-order chi connectivity index (χ0) is 8.43. The van der Waals surface area contributed by atoms with Gasteiger partial charge in [0.15, 0.2) is 0 Å². The molecule has 0 spiro atoms. The van der Waals surface area contributed by atoms with Crippen LogP contribution in [0.25, 0.3) is 0 Å². The molecule has 0 bridgehead atoms. The van der Waals surface area contributed by atoms with E-state index in [-0.39, 0.29) is 17.3 Å². The second-order valence-corrected chi connectivity index (χ2v) is 3.37. The molecule has 0 aliphatic carbocycles. The van der Waals surface area contributed by atoms with Gasteiger partial charge in [0.1, 0.15) is 0 Å². The molecule has 3 amide bonds. The van der Waals surface area contributed by atoms with Gasteiger partial charge in [-0.3, -0.25) is 10.1 Å². The molecule has 62 valence electrons. The molecule has 1 atom stereocenters. The molecule has 1 aliphatic rings. The molecule has 1 aliphatic heterocycles. The SMILES string of the molecule is CS[C@H]1CC(=O)NC(=O)N1C. The van der Waals surface area contributed by atoms with Crippen molar-refractivity contribution in [1.82, 2.24) is 10.2 Å². The molecule has 0 aromatic carbocycles. The van der Waals surface area contributed by atoms with Gasteiger partial charge in [0.25, 0.3) is 0 Å². The van der Waals surface area contributed by atoms with E-state index in [0.717, 1.165) is 0 Å². The first-order valence-electron chi connectivity index (χ1n) is 3.24. The van der Waals surface area contributed by atoms with E-state index in [4.69, 9.17) is 0 Å². The number of thioether (sulfide) groups is 1. The third-order valence-corrected chi connectivity index (χ3v) is 2.66. The second-order valence-electron chi connectivity index (χ2n) is 2.36. The normalized spacial score (nSPS) is 25.3. The third-order valence-electron chi connectivity index (χ3n) is 1.63. The fourth-order valence-corrected chi connectivity index (χ4v) is 1.66. The first kappa shape index (κ1) is 8.39. The zero-order valence-corrected chi connectivity index (χ0v) is 7.27. The predicted octanol–water partition coefficient (Wildman–Crippen LogP) is 0.247. The Kier molecular flexibility index (Phi) is 2.38. The minimum absolute atomic E-state index is 0.00347. The molecule has 0 unspecified atom stereocenters. The molecule has 11 heavy (non-hydrogen) atoms. The first-order chi connectivity index (χ1) is 5.15. The zero-order valence-electron chi connectivity index (χ0n) is 6.46. The Balaban J connectivity index is 2.66. The van der Waals surface area contributed by atoms with Crippen LogP contribution in [0.2, 0.25) is 0 Å². The van der Waals surface area contributed by atoms with Crippen molar-refractivity contribution in [1.29, 1.82) is 0 Å². The fourth-order valence-electron chi connectivity index (χ4n) is 0.926. The van der Waals surface area contributed by atoms with Crippen LogP contribution in [0.4, 0.5) is 4.79 Å². The Bertz CT molecular complexity index is 195. The van der Waals surface area contributed by atoms with Gasteiger partial charge in [-0.1, -0.05) is 0 Å². The second kappa shape index (κ2) is 3.13. The number of urea groups is 1. The number of carbonyl (C=O) groups is 2. The van der Waals surface area contributed by atoms with Crippen molar-refractivity contribution in [2.24, 2.45) is 0 Å². The standard InChI is InChI=1S/C6H10N2O2S/c1-8-5(11-2)3-4(9)7-6(8)10/h5H,3H2,1-2H3,(H,7,9,10)/t5-/m0/s1. The van der Waals surface area contributed by atoms with Crippen molar-refractivity contribution >= 4 is 23.7 Å². The van der Waals surface area contributed by atoms with Gasteiger partial charge in [-0.25, -0.2) is 4.79 Å². The smallest absolute Gasteiger partial charge is 0.315 e. The molecule has 1 heterocycles. The Morgan fingerprint density at radius 2 is 2.27 bits per heavy atom. The van der Waals surface area contributed by atoms with Crippen molar-refractivity contribution in [3.05, 3.63) is 0 Å². The summed E-state index contributed by atoms with van der Waals surface area (Å²) in [6.07, 6.45) is 2.27. The van der Waals surface area contributed by atoms with Crippen LogP contribution in [0.1, 0.15) is 6.42 Å². The highest BCUT2D eigenvalue weighted by molar-refractivity contribution is 7.99. The summed E-state index contributed by atoms with van der Waals surface area (Å²) in [6, 6.07) is -0.305. The molecule has 0 radical (unpaired) electrons.